The number of aliphatic hydroxyl groups excluding tert-OH is 1. The van der Waals surface area contributed by atoms with Gasteiger partial charge in [-0.3, -0.25) is 4.79 Å². The van der Waals surface area contributed by atoms with Crippen molar-refractivity contribution in [3.05, 3.63) is 34.4 Å². The Hall–Kier alpha value is -1.33. The fourth-order valence-corrected chi connectivity index (χ4v) is 2.83. The molecule has 0 saturated heterocycles. The first-order chi connectivity index (χ1) is 9.49. The van der Waals surface area contributed by atoms with Crippen LogP contribution in [0.4, 0.5) is 0 Å². The van der Waals surface area contributed by atoms with Crippen LogP contribution in [0.15, 0.2) is 28.9 Å². The van der Waals surface area contributed by atoms with Crippen LogP contribution in [-0.2, 0) is 0 Å². The van der Waals surface area contributed by atoms with E-state index >= 15 is 0 Å². The zero-order valence-corrected chi connectivity index (χ0v) is 13.2. The lowest BCUT2D eigenvalue weighted by Gasteiger charge is -2.13. The predicted octanol–water partition coefficient (Wildman–Crippen LogP) is 3.07. The predicted molar refractivity (Wildman–Crippen MR) is 83.8 cm³/mol. The molecule has 1 heterocycles. The van der Waals surface area contributed by atoms with Crippen LogP contribution in [0.25, 0.3) is 10.9 Å². The number of nitrogens with one attached hydrogen (secondary N) is 2. The summed E-state index contributed by atoms with van der Waals surface area (Å²) in [5, 5.41) is 13.4. The molecule has 0 fully saturated rings. The number of rotatable bonds is 5. The number of H-pyrrole nitrogens is 1. The molecule has 1 aromatic carbocycles. The summed E-state index contributed by atoms with van der Waals surface area (Å²) in [6.45, 7) is 4.36. The highest BCUT2D eigenvalue weighted by Crippen LogP contribution is 2.26. The number of hydrogen-bond acceptors (Lipinski definition) is 2. The summed E-state index contributed by atoms with van der Waals surface area (Å²) < 4.78 is 0.879. The van der Waals surface area contributed by atoms with Crippen molar-refractivity contribution < 1.29 is 9.90 Å². The van der Waals surface area contributed by atoms with Gasteiger partial charge in [-0.15, -0.1) is 0 Å². The van der Waals surface area contributed by atoms with E-state index in [1.54, 1.807) is 6.20 Å². The summed E-state index contributed by atoms with van der Waals surface area (Å²) in [5.74, 6) is 0.232. The lowest BCUT2D eigenvalue weighted by molar-refractivity contribution is 0.0902. The number of aromatic amines is 1. The number of carbonyl (C=O) groups excluding carboxylic acids is 1. The first-order valence-electron chi connectivity index (χ1n) is 6.71. The van der Waals surface area contributed by atoms with Crippen molar-refractivity contribution in [3.8, 4) is 0 Å². The standard InChI is InChI=1S/C15H19BrN2O2/c1-9(2)6-10(19)7-18-15(20)11-8-17-13-5-3-4-12(16)14(11)13/h3-5,8-10,17,19H,6-7H2,1-2H3,(H,18,20). The average Bonchev–Trinajstić information content (AvgIpc) is 2.80. The molecule has 1 aromatic heterocycles. The van der Waals surface area contributed by atoms with Gasteiger partial charge in [0.1, 0.15) is 0 Å². The topological polar surface area (TPSA) is 65.1 Å². The third-order valence-electron chi connectivity index (χ3n) is 3.14. The van der Waals surface area contributed by atoms with Gasteiger partial charge in [0.2, 0.25) is 0 Å². The number of aliphatic hydroxyl groups is 1. The molecule has 0 spiro atoms. The first-order valence-corrected chi connectivity index (χ1v) is 7.50. The van der Waals surface area contributed by atoms with Crippen molar-refractivity contribution >= 4 is 32.7 Å². The Labute approximate surface area is 126 Å². The second-order valence-corrected chi connectivity index (χ2v) is 6.21. The number of hydrogen-bond donors (Lipinski definition) is 3. The molecule has 0 saturated carbocycles. The van der Waals surface area contributed by atoms with Crippen LogP contribution < -0.4 is 5.32 Å². The molecule has 2 rings (SSSR count). The largest absolute Gasteiger partial charge is 0.391 e. The first kappa shape index (κ1) is 15.1. The van der Waals surface area contributed by atoms with Gasteiger partial charge < -0.3 is 15.4 Å². The Kier molecular flexibility index (Phi) is 4.83. The van der Waals surface area contributed by atoms with Crippen LogP contribution >= 0.6 is 15.9 Å². The van der Waals surface area contributed by atoms with Gasteiger partial charge in [-0.2, -0.15) is 0 Å². The van der Waals surface area contributed by atoms with E-state index in [1.807, 2.05) is 32.0 Å². The summed E-state index contributed by atoms with van der Waals surface area (Å²) in [6, 6.07) is 5.74. The molecule has 20 heavy (non-hydrogen) atoms. The van der Waals surface area contributed by atoms with Gasteiger partial charge in [-0.05, 0) is 24.5 Å². The Morgan fingerprint density at radius 1 is 1.45 bits per heavy atom. The van der Waals surface area contributed by atoms with Crippen LogP contribution in [0.5, 0.6) is 0 Å². The number of aromatic nitrogens is 1. The molecule has 4 nitrogen and oxygen atoms in total. The van der Waals surface area contributed by atoms with Gasteiger partial charge >= 0.3 is 0 Å². The zero-order chi connectivity index (χ0) is 14.7. The number of halogens is 1. The molecular weight excluding hydrogens is 320 g/mol. The highest BCUT2D eigenvalue weighted by atomic mass is 79.9. The van der Waals surface area contributed by atoms with Gasteiger partial charge in [0, 0.05) is 28.1 Å². The average molecular weight is 339 g/mol. The molecule has 1 amide bonds. The zero-order valence-electron chi connectivity index (χ0n) is 11.6. The minimum atomic E-state index is -0.507. The van der Waals surface area contributed by atoms with Gasteiger partial charge in [-0.1, -0.05) is 35.8 Å². The molecule has 0 aliphatic heterocycles. The summed E-state index contributed by atoms with van der Waals surface area (Å²) in [4.78, 5) is 15.3. The van der Waals surface area contributed by atoms with E-state index in [9.17, 15) is 9.90 Å². The van der Waals surface area contributed by atoms with E-state index in [1.165, 1.54) is 0 Å². The molecule has 108 valence electrons. The van der Waals surface area contributed by atoms with Crippen molar-refractivity contribution in [1.82, 2.24) is 10.3 Å². The van der Waals surface area contributed by atoms with Crippen molar-refractivity contribution in [2.24, 2.45) is 5.92 Å². The summed E-state index contributed by atoms with van der Waals surface area (Å²) in [7, 11) is 0. The van der Waals surface area contributed by atoms with Crippen molar-refractivity contribution in [2.75, 3.05) is 6.54 Å². The normalized spacial score (nSPS) is 12.8. The monoisotopic (exact) mass is 338 g/mol. The highest BCUT2D eigenvalue weighted by molar-refractivity contribution is 9.10. The molecule has 2 aromatic rings. The number of amides is 1. The molecule has 0 bridgehead atoms. The highest BCUT2D eigenvalue weighted by Gasteiger charge is 2.15. The fourth-order valence-electron chi connectivity index (χ4n) is 2.25. The summed E-state index contributed by atoms with van der Waals surface area (Å²) >= 11 is 3.46. The van der Waals surface area contributed by atoms with E-state index in [-0.39, 0.29) is 12.5 Å². The van der Waals surface area contributed by atoms with Gasteiger partial charge in [0.15, 0.2) is 0 Å². The molecule has 5 heteroatoms. The fraction of sp³-hybridized carbons (Fsp3) is 0.400. The second kappa shape index (κ2) is 6.41. The maximum absolute atomic E-state index is 12.2. The van der Waals surface area contributed by atoms with E-state index < -0.39 is 6.10 Å². The Morgan fingerprint density at radius 2 is 2.20 bits per heavy atom. The van der Waals surface area contributed by atoms with Crippen molar-refractivity contribution in [2.45, 2.75) is 26.4 Å². The van der Waals surface area contributed by atoms with Gasteiger partial charge in [0.05, 0.1) is 11.7 Å². The van der Waals surface area contributed by atoms with E-state index in [0.29, 0.717) is 17.9 Å². The smallest absolute Gasteiger partial charge is 0.253 e. The third-order valence-corrected chi connectivity index (χ3v) is 3.80. The molecular formula is C15H19BrN2O2. The minimum Gasteiger partial charge on any atom is -0.391 e. The van der Waals surface area contributed by atoms with Crippen LogP contribution in [0.2, 0.25) is 0 Å². The van der Waals surface area contributed by atoms with E-state index in [4.69, 9.17) is 0 Å². The quantitative estimate of drug-likeness (QED) is 0.784. The minimum absolute atomic E-state index is 0.175. The number of carbonyl (C=O) groups is 1. The lowest BCUT2D eigenvalue weighted by atomic mass is 10.1. The van der Waals surface area contributed by atoms with E-state index in [0.717, 1.165) is 15.4 Å². The lowest BCUT2D eigenvalue weighted by Crippen LogP contribution is -2.32. The third kappa shape index (κ3) is 3.41. The summed E-state index contributed by atoms with van der Waals surface area (Å²) in [5.41, 5.74) is 1.50. The Balaban J connectivity index is 2.08. The van der Waals surface area contributed by atoms with Crippen molar-refractivity contribution in [1.29, 1.82) is 0 Å². The second-order valence-electron chi connectivity index (χ2n) is 5.36. The molecule has 3 N–H and O–H groups in total. The van der Waals surface area contributed by atoms with Crippen LogP contribution in [0.1, 0.15) is 30.6 Å². The maximum Gasteiger partial charge on any atom is 0.253 e. The molecule has 1 unspecified atom stereocenters. The SMILES string of the molecule is CC(C)CC(O)CNC(=O)c1c[nH]c2cccc(Br)c12. The Bertz CT molecular complexity index is 607. The number of fused-ring (bicyclic) bond motifs is 1. The van der Waals surface area contributed by atoms with Crippen LogP contribution in [-0.4, -0.2) is 28.6 Å². The Morgan fingerprint density at radius 3 is 2.90 bits per heavy atom. The summed E-state index contributed by atoms with van der Waals surface area (Å²) in [6.07, 6.45) is 1.87. The van der Waals surface area contributed by atoms with Crippen molar-refractivity contribution in [3.63, 3.8) is 0 Å². The van der Waals surface area contributed by atoms with Crippen LogP contribution in [0.3, 0.4) is 0 Å². The maximum atomic E-state index is 12.2. The van der Waals surface area contributed by atoms with Gasteiger partial charge in [0.25, 0.3) is 5.91 Å². The molecule has 0 aliphatic rings. The van der Waals surface area contributed by atoms with E-state index in [2.05, 4.69) is 26.2 Å². The molecule has 0 aliphatic carbocycles. The molecule has 1 atom stereocenters. The molecule has 0 radical (unpaired) electrons. The number of benzene rings is 1. The van der Waals surface area contributed by atoms with Gasteiger partial charge in [-0.25, -0.2) is 0 Å². The van der Waals surface area contributed by atoms with Crippen LogP contribution in [0, 0.1) is 5.92 Å².